The Morgan fingerprint density at radius 2 is 2.14 bits per heavy atom. The summed E-state index contributed by atoms with van der Waals surface area (Å²) in [4.78, 5) is 12.4. The molecule has 6 heteroatoms. The van der Waals surface area contributed by atoms with Gasteiger partial charge >= 0.3 is 0 Å². The van der Waals surface area contributed by atoms with Crippen LogP contribution in [0.2, 0.25) is 0 Å². The van der Waals surface area contributed by atoms with Gasteiger partial charge in [0.15, 0.2) is 0 Å². The van der Waals surface area contributed by atoms with Crippen molar-refractivity contribution in [2.45, 2.75) is 58.5 Å². The Morgan fingerprint density at radius 3 is 2.76 bits per heavy atom. The van der Waals surface area contributed by atoms with Crippen molar-refractivity contribution in [2.75, 3.05) is 6.54 Å². The molecule has 1 saturated carbocycles. The molecule has 0 bridgehead atoms. The number of aryl methyl sites for hydroxylation is 1. The van der Waals surface area contributed by atoms with Gasteiger partial charge < -0.3 is 11.1 Å². The van der Waals surface area contributed by atoms with Crippen molar-refractivity contribution in [2.24, 2.45) is 17.6 Å². The molecular weight excluding hydrogens is 266 g/mol. The topological polar surface area (TPSA) is 85.8 Å². The summed E-state index contributed by atoms with van der Waals surface area (Å²) in [6, 6.07) is 0. The maximum absolute atomic E-state index is 12.4. The van der Waals surface area contributed by atoms with Crippen LogP contribution in [0.3, 0.4) is 0 Å². The molecule has 1 heterocycles. The normalized spacial score (nSPS) is 18.2. The van der Waals surface area contributed by atoms with E-state index >= 15 is 0 Å². The van der Waals surface area contributed by atoms with Crippen LogP contribution in [0.15, 0.2) is 6.20 Å². The number of carbonyl (C=O) groups excluding carboxylic acids is 1. The number of nitrogens with one attached hydrogen (secondary N) is 1. The van der Waals surface area contributed by atoms with Crippen molar-refractivity contribution in [3.05, 3.63) is 11.9 Å². The molecule has 0 radical (unpaired) electrons. The standard InChI is InChI=1S/C15H27N5O/c1-2-20-13(11-18-19-20)10-17-15(21)14(9-16)12-7-5-3-4-6-8-12/h11-12,14H,2-10,16H2,1H3,(H,17,21). The summed E-state index contributed by atoms with van der Waals surface area (Å²) in [5.74, 6) is 0.453. The molecular formula is C15H27N5O. The van der Waals surface area contributed by atoms with Gasteiger partial charge in [-0.15, -0.1) is 5.10 Å². The second-order valence-electron chi connectivity index (χ2n) is 5.85. The molecule has 1 atom stereocenters. The molecule has 6 nitrogen and oxygen atoms in total. The number of hydrogen-bond donors (Lipinski definition) is 2. The Kier molecular flexibility index (Phi) is 6.17. The van der Waals surface area contributed by atoms with Crippen LogP contribution in [-0.2, 0) is 17.9 Å². The van der Waals surface area contributed by atoms with Gasteiger partial charge in [0.1, 0.15) is 0 Å². The first-order valence-corrected chi connectivity index (χ1v) is 8.11. The number of nitrogens with two attached hydrogens (primary N) is 1. The van der Waals surface area contributed by atoms with E-state index in [1.807, 2.05) is 6.92 Å². The van der Waals surface area contributed by atoms with Crippen molar-refractivity contribution in [1.29, 1.82) is 0 Å². The molecule has 1 fully saturated rings. The van der Waals surface area contributed by atoms with E-state index in [9.17, 15) is 4.79 Å². The minimum Gasteiger partial charge on any atom is -0.350 e. The third kappa shape index (κ3) is 4.27. The third-order valence-electron chi connectivity index (χ3n) is 4.50. The molecule has 2 rings (SSSR count). The van der Waals surface area contributed by atoms with Crippen LogP contribution in [0, 0.1) is 11.8 Å². The Balaban J connectivity index is 1.90. The second-order valence-corrected chi connectivity index (χ2v) is 5.85. The highest BCUT2D eigenvalue weighted by Gasteiger charge is 2.27. The van der Waals surface area contributed by atoms with E-state index in [0.717, 1.165) is 25.1 Å². The predicted octanol–water partition coefficient (Wildman–Crippen LogP) is 1.46. The molecule has 0 aromatic carbocycles. The van der Waals surface area contributed by atoms with Crippen molar-refractivity contribution in [3.8, 4) is 0 Å². The lowest BCUT2D eigenvalue weighted by Crippen LogP contribution is -2.39. The summed E-state index contributed by atoms with van der Waals surface area (Å²) in [6.45, 7) is 3.67. The Hall–Kier alpha value is -1.43. The van der Waals surface area contributed by atoms with Crippen LogP contribution in [0.1, 0.15) is 51.1 Å². The first-order chi connectivity index (χ1) is 10.3. The zero-order valence-electron chi connectivity index (χ0n) is 12.9. The van der Waals surface area contributed by atoms with Gasteiger partial charge in [-0.05, 0) is 25.7 Å². The molecule has 1 aromatic rings. The monoisotopic (exact) mass is 293 g/mol. The maximum Gasteiger partial charge on any atom is 0.224 e. The minimum atomic E-state index is -0.0611. The SMILES string of the molecule is CCn1nncc1CNC(=O)C(CN)C1CCCCCC1. The Bertz CT molecular complexity index is 437. The molecule has 1 unspecified atom stereocenters. The van der Waals surface area contributed by atoms with Crippen LogP contribution in [0.5, 0.6) is 0 Å². The molecule has 3 N–H and O–H groups in total. The smallest absolute Gasteiger partial charge is 0.224 e. The van der Waals surface area contributed by atoms with Gasteiger partial charge in [-0.3, -0.25) is 4.79 Å². The lowest BCUT2D eigenvalue weighted by Gasteiger charge is -2.24. The summed E-state index contributed by atoms with van der Waals surface area (Å²) >= 11 is 0. The molecule has 0 aliphatic heterocycles. The highest BCUT2D eigenvalue weighted by Crippen LogP contribution is 2.28. The van der Waals surface area contributed by atoms with E-state index in [1.165, 1.54) is 25.7 Å². The van der Waals surface area contributed by atoms with Gasteiger partial charge in [0, 0.05) is 13.1 Å². The number of nitrogens with zero attached hydrogens (tertiary/aromatic N) is 3. The second kappa shape index (κ2) is 8.12. The number of hydrogen-bond acceptors (Lipinski definition) is 4. The van der Waals surface area contributed by atoms with Crippen molar-refractivity contribution < 1.29 is 4.79 Å². The molecule has 1 aromatic heterocycles. The van der Waals surface area contributed by atoms with Crippen molar-refractivity contribution in [3.63, 3.8) is 0 Å². The molecule has 1 aliphatic rings. The predicted molar refractivity (Wildman–Crippen MR) is 81.3 cm³/mol. The minimum absolute atomic E-state index is 0.0611. The van der Waals surface area contributed by atoms with Gasteiger partial charge in [0.05, 0.1) is 24.4 Å². The van der Waals surface area contributed by atoms with Crippen LogP contribution in [0.4, 0.5) is 0 Å². The summed E-state index contributed by atoms with van der Waals surface area (Å²) in [6.07, 6.45) is 8.98. The molecule has 21 heavy (non-hydrogen) atoms. The number of amides is 1. The van der Waals surface area contributed by atoms with Crippen molar-refractivity contribution in [1.82, 2.24) is 20.3 Å². The summed E-state index contributed by atoms with van der Waals surface area (Å²) < 4.78 is 1.80. The van der Waals surface area contributed by atoms with Crippen molar-refractivity contribution >= 4 is 5.91 Å². The average Bonchev–Trinajstić information content (AvgIpc) is 2.79. The highest BCUT2D eigenvalue weighted by atomic mass is 16.1. The first-order valence-electron chi connectivity index (χ1n) is 8.11. The van der Waals surface area contributed by atoms with E-state index in [4.69, 9.17) is 5.73 Å². The first kappa shape index (κ1) is 15.9. The Morgan fingerprint density at radius 1 is 1.43 bits per heavy atom. The molecule has 0 spiro atoms. The van der Waals surface area contributed by atoms with Crippen LogP contribution in [0.25, 0.3) is 0 Å². The van der Waals surface area contributed by atoms with Crippen LogP contribution in [-0.4, -0.2) is 27.4 Å². The van der Waals surface area contributed by atoms with E-state index in [0.29, 0.717) is 19.0 Å². The summed E-state index contributed by atoms with van der Waals surface area (Å²) in [5.41, 5.74) is 6.80. The van der Waals surface area contributed by atoms with E-state index in [2.05, 4.69) is 15.6 Å². The molecule has 0 saturated heterocycles. The van der Waals surface area contributed by atoms with E-state index in [-0.39, 0.29) is 11.8 Å². The van der Waals surface area contributed by atoms with Gasteiger partial charge in [-0.1, -0.05) is 30.9 Å². The van der Waals surface area contributed by atoms with Crippen LogP contribution >= 0.6 is 0 Å². The highest BCUT2D eigenvalue weighted by molar-refractivity contribution is 5.79. The molecule has 1 amide bonds. The fourth-order valence-corrected chi connectivity index (χ4v) is 3.22. The van der Waals surface area contributed by atoms with Gasteiger partial charge in [0.25, 0.3) is 0 Å². The summed E-state index contributed by atoms with van der Waals surface area (Å²) in [7, 11) is 0. The van der Waals surface area contributed by atoms with Crippen LogP contribution < -0.4 is 11.1 Å². The zero-order valence-corrected chi connectivity index (χ0v) is 12.9. The fourth-order valence-electron chi connectivity index (χ4n) is 3.22. The van der Waals surface area contributed by atoms with E-state index in [1.54, 1.807) is 10.9 Å². The van der Waals surface area contributed by atoms with Gasteiger partial charge in [-0.2, -0.15) is 0 Å². The number of rotatable bonds is 6. The van der Waals surface area contributed by atoms with Gasteiger partial charge in [-0.25, -0.2) is 4.68 Å². The zero-order chi connectivity index (χ0) is 15.1. The third-order valence-corrected chi connectivity index (χ3v) is 4.50. The summed E-state index contributed by atoms with van der Waals surface area (Å²) in [5, 5.41) is 10.9. The van der Waals surface area contributed by atoms with Gasteiger partial charge in [0.2, 0.25) is 5.91 Å². The lowest BCUT2D eigenvalue weighted by molar-refractivity contribution is -0.126. The fraction of sp³-hybridized carbons (Fsp3) is 0.800. The number of aromatic nitrogens is 3. The molecule has 1 aliphatic carbocycles. The quantitative estimate of drug-likeness (QED) is 0.778. The largest absolute Gasteiger partial charge is 0.350 e. The number of carbonyl (C=O) groups is 1. The molecule has 118 valence electrons. The lowest BCUT2D eigenvalue weighted by atomic mass is 9.85. The van der Waals surface area contributed by atoms with E-state index < -0.39 is 0 Å². The Labute approximate surface area is 126 Å². The maximum atomic E-state index is 12.4. The average molecular weight is 293 g/mol.